The summed E-state index contributed by atoms with van der Waals surface area (Å²) in [6.07, 6.45) is -1.31. The Morgan fingerprint density at radius 1 is 0.783 bits per heavy atom. The van der Waals surface area contributed by atoms with Gasteiger partial charge >= 0.3 is 23.9 Å². The van der Waals surface area contributed by atoms with E-state index in [-0.39, 0.29) is 19.3 Å². The van der Waals surface area contributed by atoms with Gasteiger partial charge in [0, 0.05) is 25.2 Å². The van der Waals surface area contributed by atoms with Crippen LogP contribution in [-0.2, 0) is 24.0 Å². The topological polar surface area (TPSA) is 166 Å². The van der Waals surface area contributed by atoms with Crippen molar-refractivity contribution in [3.63, 3.8) is 0 Å². The average molecular weight is 332 g/mol. The molecule has 130 valence electrons. The van der Waals surface area contributed by atoms with Crippen molar-refractivity contribution < 1.29 is 44.4 Å². The maximum atomic E-state index is 11.1. The van der Waals surface area contributed by atoms with Gasteiger partial charge in [0.25, 0.3) is 0 Å². The number of rotatable bonds is 13. The monoisotopic (exact) mass is 332 g/mol. The second-order valence-corrected chi connectivity index (χ2v) is 5.30. The number of aliphatic carboxylic acids is 4. The van der Waals surface area contributed by atoms with Crippen LogP contribution >= 0.6 is 0 Å². The van der Waals surface area contributed by atoms with Gasteiger partial charge in [0.15, 0.2) is 0 Å². The van der Waals surface area contributed by atoms with Crippen LogP contribution in [0.1, 0.15) is 38.5 Å². The third-order valence-electron chi connectivity index (χ3n) is 3.55. The molecule has 0 aliphatic heterocycles. The largest absolute Gasteiger partial charge is 0.481 e. The lowest BCUT2D eigenvalue weighted by Gasteiger charge is -2.28. The van der Waals surface area contributed by atoms with Gasteiger partial charge < -0.3 is 25.2 Å². The normalized spacial score (nSPS) is 14.4. The zero-order chi connectivity index (χ0) is 18.0. The quantitative estimate of drug-likeness (QED) is 0.355. The summed E-state index contributed by atoms with van der Waals surface area (Å²) in [7, 11) is 0. The fraction of sp³-hybridized carbons (Fsp3) is 0.643. The van der Waals surface area contributed by atoms with Gasteiger partial charge in [0.05, 0.1) is 6.42 Å². The Morgan fingerprint density at radius 3 is 1.70 bits per heavy atom. The predicted octanol–water partition coefficient (Wildman–Crippen LogP) is 0.713. The summed E-state index contributed by atoms with van der Waals surface area (Å²) >= 11 is 0. The Balaban J connectivity index is 5.27. The number of carbonyl (C=O) groups excluding carboxylic acids is 1. The van der Waals surface area contributed by atoms with E-state index in [4.69, 9.17) is 20.4 Å². The zero-order valence-electron chi connectivity index (χ0n) is 12.4. The van der Waals surface area contributed by atoms with Crippen molar-refractivity contribution in [3.05, 3.63) is 0 Å². The van der Waals surface area contributed by atoms with Crippen LogP contribution in [0.2, 0.25) is 0 Å². The molecule has 0 fully saturated rings. The van der Waals surface area contributed by atoms with E-state index < -0.39 is 60.9 Å². The van der Waals surface area contributed by atoms with Crippen molar-refractivity contribution in [2.45, 2.75) is 38.5 Å². The first kappa shape index (κ1) is 20.6. The molecule has 0 saturated heterocycles. The molecule has 4 N–H and O–H groups in total. The molecule has 0 aromatic carbocycles. The molecular weight excluding hydrogens is 312 g/mol. The van der Waals surface area contributed by atoms with Gasteiger partial charge in [-0.25, -0.2) is 0 Å². The number of carboxylic acid groups (broad SMARTS) is 4. The fourth-order valence-electron chi connectivity index (χ4n) is 2.58. The maximum Gasteiger partial charge on any atom is 0.304 e. The first-order valence-electron chi connectivity index (χ1n) is 6.99. The number of hydrogen-bond acceptors (Lipinski definition) is 5. The highest BCUT2D eigenvalue weighted by Gasteiger charge is 2.33. The number of hydrogen-bond donors (Lipinski definition) is 4. The van der Waals surface area contributed by atoms with Gasteiger partial charge in [0.1, 0.15) is 6.29 Å². The first-order chi connectivity index (χ1) is 10.7. The van der Waals surface area contributed by atoms with Gasteiger partial charge in [-0.2, -0.15) is 0 Å². The molecule has 9 heteroatoms. The lowest BCUT2D eigenvalue weighted by atomic mass is 9.74. The van der Waals surface area contributed by atoms with E-state index in [9.17, 15) is 24.0 Å². The number of aldehydes is 1. The van der Waals surface area contributed by atoms with Crippen molar-refractivity contribution in [1.29, 1.82) is 0 Å². The van der Waals surface area contributed by atoms with E-state index in [1.165, 1.54) is 0 Å². The van der Waals surface area contributed by atoms with E-state index in [1.807, 2.05) is 0 Å². The molecule has 0 aromatic rings. The third kappa shape index (κ3) is 9.22. The molecule has 0 aliphatic carbocycles. The third-order valence-corrected chi connectivity index (χ3v) is 3.55. The van der Waals surface area contributed by atoms with Crippen molar-refractivity contribution >= 4 is 30.2 Å². The first-order valence-corrected chi connectivity index (χ1v) is 6.99. The highest BCUT2D eigenvalue weighted by molar-refractivity contribution is 5.74. The Bertz CT molecular complexity index is 457. The molecule has 0 rings (SSSR count). The van der Waals surface area contributed by atoms with E-state index >= 15 is 0 Å². The van der Waals surface area contributed by atoms with E-state index in [1.54, 1.807) is 0 Å². The van der Waals surface area contributed by atoms with E-state index in [2.05, 4.69) is 0 Å². The van der Waals surface area contributed by atoms with Crippen molar-refractivity contribution in [1.82, 2.24) is 0 Å². The molecule has 0 saturated carbocycles. The summed E-state index contributed by atoms with van der Waals surface area (Å²) in [6.45, 7) is 0. The highest BCUT2D eigenvalue weighted by atomic mass is 16.4. The second-order valence-electron chi connectivity index (χ2n) is 5.30. The summed E-state index contributed by atoms with van der Waals surface area (Å²) in [4.78, 5) is 54.4. The van der Waals surface area contributed by atoms with Crippen LogP contribution in [0.4, 0.5) is 0 Å². The molecule has 23 heavy (non-hydrogen) atoms. The Morgan fingerprint density at radius 2 is 1.30 bits per heavy atom. The maximum absolute atomic E-state index is 11.1. The highest BCUT2D eigenvalue weighted by Crippen LogP contribution is 2.32. The standard InChI is InChI=1S/C14H20O9/c15-7-9(5-13(20)21)10(6-14(22)23)8(4-12(18)19)2-1-3-11(16)17/h7-10H,1-6H2,(H,16,17)(H,18,19)(H,20,21)(H,22,23). The summed E-state index contributed by atoms with van der Waals surface area (Å²) in [6, 6.07) is 0. The molecular formula is C14H20O9. The summed E-state index contributed by atoms with van der Waals surface area (Å²) in [5.74, 6) is -7.79. The molecule has 9 nitrogen and oxygen atoms in total. The Kier molecular flexibility index (Phi) is 9.21. The van der Waals surface area contributed by atoms with Crippen LogP contribution in [0.15, 0.2) is 0 Å². The van der Waals surface area contributed by atoms with Crippen molar-refractivity contribution in [3.8, 4) is 0 Å². The average Bonchev–Trinajstić information content (AvgIpc) is 2.40. The van der Waals surface area contributed by atoms with Crippen LogP contribution in [0.25, 0.3) is 0 Å². The Hall–Kier alpha value is -2.45. The Labute approximate surface area is 131 Å². The molecule has 0 spiro atoms. The minimum atomic E-state index is -1.29. The zero-order valence-corrected chi connectivity index (χ0v) is 12.4. The van der Waals surface area contributed by atoms with Gasteiger partial charge in [0.2, 0.25) is 0 Å². The molecule has 3 unspecified atom stereocenters. The molecule has 0 bridgehead atoms. The molecule has 0 aliphatic rings. The number of carbonyl (C=O) groups is 5. The SMILES string of the molecule is O=CC(CC(=O)O)C(CC(=O)O)C(CCCC(=O)O)CC(=O)O. The number of carboxylic acids is 4. The molecule has 0 radical (unpaired) electrons. The van der Waals surface area contributed by atoms with E-state index in [0.717, 1.165) is 0 Å². The molecule has 0 heterocycles. The smallest absolute Gasteiger partial charge is 0.304 e. The lowest BCUT2D eigenvalue weighted by molar-refractivity contribution is -0.145. The van der Waals surface area contributed by atoms with Gasteiger partial charge in [-0.05, 0) is 24.7 Å². The lowest BCUT2D eigenvalue weighted by Crippen LogP contribution is -2.30. The predicted molar refractivity (Wildman–Crippen MR) is 74.8 cm³/mol. The van der Waals surface area contributed by atoms with Crippen molar-refractivity contribution in [2.24, 2.45) is 17.8 Å². The summed E-state index contributed by atoms with van der Waals surface area (Å²) in [5, 5.41) is 35.3. The molecule has 3 atom stereocenters. The molecule has 0 aromatic heterocycles. The molecule has 0 amide bonds. The minimum Gasteiger partial charge on any atom is -0.481 e. The van der Waals surface area contributed by atoms with Crippen LogP contribution in [0.3, 0.4) is 0 Å². The van der Waals surface area contributed by atoms with Gasteiger partial charge in [-0.1, -0.05) is 0 Å². The van der Waals surface area contributed by atoms with Crippen LogP contribution in [0, 0.1) is 17.8 Å². The fourth-order valence-corrected chi connectivity index (χ4v) is 2.58. The summed E-state index contributed by atoms with van der Waals surface area (Å²) in [5.41, 5.74) is 0. The van der Waals surface area contributed by atoms with Crippen LogP contribution in [-0.4, -0.2) is 50.6 Å². The van der Waals surface area contributed by atoms with E-state index in [0.29, 0.717) is 6.29 Å². The second kappa shape index (κ2) is 10.3. The van der Waals surface area contributed by atoms with Crippen molar-refractivity contribution in [2.75, 3.05) is 0 Å². The van der Waals surface area contributed by atoms with Gasteiger partial charge in [-0.3, -0.25) is 19.2 Å². The minimum absolute atomic E-state index is 0.0838. The van der Waals surface area contributed by atoms with Crippen LogP contribution in [0.5, 0.6) is 0 Å². The van der Waals surface area contributed by atoms with Crippen LogP contribution < -0.4 is 0 Å². The summed E-state index contributed by atoms with van der Waals surface area (Å²) < 4.78 is 0. The van der Waals surface area contributed by atoms with Gasteiger partial charge in [-0.15, -0.1) is 0 Å².